The van der Waals surface area contributed by atoms with Gasteiger partial charge in [0.1, 0.15) is 73.2 Å². The number of nitrogens with one attached hydrogen (secondary N) is 1. The fourth-order valence-electron chi connectivity index (χ4n) is 7.33. The van der Waals surface area contributed by atoms with Crippen LogP contribution in [0.2, 0.25) is 0 Å². The third-order valence-electron chi connectivity index (χ3n) is 11.1. The van der Waals surface area contributed by atoms with Crippen LogP contribution in [-0.2, 0) is 33.2 Å². The molecule has 3 aliphatic heterocycles. The van der Waals surface area contributed by atoms with Gasteiger partial charge in [0.15, 0.2) is 18.9 Å². The van der Waals surface area contributed by atoms with Crippen molar-refractivity contribution >= 4 is 5.91 Å². The van der Waals surface area contributed by atoms with E-state index in [9.17, 15) is 61.0 Å². The summed E-state index contributed by atoms with van der Waals surface area (Å²) in [5, 5.41) is 118. The maximum Gasteiger partial charge on any atom is 0.220 e. The Bertz CT molecular complexity index is 1360. The van der Waals surface area contributed by atoms with E-state index in [-0.39, 0.29) is 18.9 Å². The van der Waals surface area contributed by atoms with Crippen LogP contribution in [0.5, 0.6) is 0 Å². The number of carbonyl (C=O) groups excluding carboxylic acids is 1. The van der Waals surface area contributed by atoms with Crippen molar-refractivity contribution in [1.82, 2.24) is 5.32 Å². The average molecular weight is 906 g/mol. The highest BCUT2D eigenvalue weighted by molar-refractivity contribution is 5.76. The lowest BCUT2D eigenvalue weighted by molar-refractivity contribution is -0.379. The second-order valence-electron chi connectivity index (χ2n) is 16.1. The van der Waals surface area contributed by atoms with Crippen molar-refractivity contribution in [3.05, 3.63) is 48.6 Å². The van der Waals surface area contributed by atoms with Gasteiger partial charge in [-0.15, -0.1) is 0 Å². The summed E-state index contributed by atoms with van der Waals surface area (Å²) < 4.78 is 33.8. The molecule has 0 radical (unpaired) electrons. The Morgan fingerprint density at radius 2 is 1.10 bits per heavy atom. The molecule has 12 N–H and O–H groups in total. The van der Waals surface area contributed by atoms with Crippen LogP contribution >= 0.6 is 0 Å². The Kier molecular flexibility index (Phi) is 26.3. The van der Waals surface area contributed by atoms with Gasteiger partial charge in [-0.3, -0.25) is 4.79 Å². The van der Waals surface area contributed by atoms with Crippen molar-refractivity contribution in [2.24, 2.45) is 0 Å². The Hall–Kier alpha value is -2.25. The number of ether oxygens (including phenoxy) is 6. The summed E-state index contributed by atoms with van der Waals surface area (Å²) in [7, 11) is 0. The minimum absolute atomic E-state index is 0.218. The Labute approximate surface area is 370 Å². The standard InChI is InChI=1S/C44H75NO18/c1-3-5-7-8-9-10-11-12-13-14-15-16-17-18-20-22-32(50)45-27(28(49)21-19-6-4-2)26-58-42-38(56)35(53)40(30(24-47)60-42)63-44-39(57)36(54)41(31(25-48)61-44)62-43-37(55)34(52)33(51)29(23-46)59-43/h5,7,9-10,12-13,19,21,27-31,33-44,46-49,51-57H,3-4,6,8,11,14-18,20,22-26H2,1-2H3,(H,45,50)/b7-5-,10-9-,13-12-,21-19+. The first-order valence-corrected chi connectivity index (χ1v) is 22.4. The molecule has 17 unspecified atom stereocenters. The molecule has 0 aliphatic carbocycles. The molecule has 19 heteroatoms. The van der Waals surface area contributed by atoms with Crippen molar-refractivity contribution in [3.8, 4) is 0 Å². The van der Waals surface area contributed by atoms with Crippen LogP contribution in [0, 0.1) is 0 Å². The van der Waals surface area contributed by atoms with E-state index in [2.05, 4.69) is 48.7 Å². The fourth-order valence-corrected chi connectivity index (χ4v) is 7.33. The zero-order valence-electron chi connectivity index (χ0n) is 36.5. The summed E-state index contributed by atoms with van der Waals surface area (Å²) in [5.74, 6) is -0.310. The minimum atomic E-state index is -1.98. The average Bonchev–Trinajstić information content (AvgIpc) is 3.28. The van der Waals surface area contributed by atoms with E-state index in [1.54, 1.807) is 6.08 Å². The van der Waals surface area contributed by atoms with Crippen LogP contribution in [0.1, 0.15) is 90.9 Å². The summed E-state index contributed by atoms with van der Waals surface area (Å²) in [5.41, 5.74) is 0. The molecule has 364 valence electrons. The highest BCUT2D eigenvalue weighted by atomic mass is 16.8. The van der Waals surface area contributed by atoms with E-state index in [1.165, 1.54) is 6.08 Å². The number of hydrogen-bond acceptors (Lipinski definition) is 18. The molecule has 3 fully saturated rings. The Balaban J connectivity index is 1.52. The van der Waals surface area contributed by atoms with Crippen molar-refractivity contribution < 1.29 is 89.4 Å². The lowest BCUT2D eigenvalue weighted by Crippen LogP contribution is -2.66. The number of allylic oxidation sites excluding steroid dienone is 7. The van der Waals surface area contributed by atoms with Crippen LogP contribution in [-0.4, -0.2) is 193 Å². The van der Waals surface area contributed by atoms with Crippen molar-refractivity contribution in [1.29, 1.82) is 0 Å². The quantitative estimate of drug-likeness (QED) is 0.0339. The molecule has 3 heterocycles. The maximum absolute atomic E-state index is 13.0. The molecule has 17 atom stereocenters. The molecule has 3 saturated heterocycles. The topological polar surface area (TPSA) is 307 Å². The van der Waals surface area contributed by atoms with Crippen molar-refractivity contribution in [2.75, 3.05) is 26.4 Å². The van der Waals surface area contributed by atoms with Gasteiger partial charge < -0.3 is 89.9 Å². The molecule has 19 nitrogen and oxygen atoms in total. The zero-order chi connectivity index (χ0) is 46.3. The predicted molar refractivity (Wildman–Crippen MR) is 226 cm³/mol. The van der Waals surface area contributed by atoms with Crippen LogP contribution < -0.4 is 5.32 Å². The molecule has 0 aromatic rings. The fraction of sp³-hybridized carbons (Fsp3) is 0.795. The first kappa shape index (κ1) is 55.1. The summed E-state index contributed by atoms with van der Waals surface area (Å²) in [6, 6.07) is -0.977. The van der Waals surface area contributed by atoms with Gasteiger partial charge in [-0.2, -0.15) is 0 Å². The highest BCUT2D eigenvalue weighted by Gasteiger charge is 2.53. The first-order chi connectivity index (χ1) is 30.3. The number of aliphatic hydroxyl groups is 11. The Morgan fingerprint density at radius 1 is 0.587 bits per heavy atom. The summed E-state index contributed by atoms with van der Waals surface area (Å²) in [4.78, 5) is 13.0. The van der Waals surface area contributed by atoms with Crippen molar-refractivity contribution in [3.63, 3.8) is 0 Å². The first-order valence-electron chi connectivity index (χ1n) is 22.4. The molecule has 0 aromatic heterocycles. The summed E-state index contributed by atoms with van der Waals surface area (Å²) in [6.07, 6.45) is -0.309. The minimum Gasteiger partial charge on any atom is -0.394 e. The van der Waals surface area contributed by atoms with E-state index in [0.717, 1.165) is 57.8 Å². The molecular formula is C44H75NO18. The SMILES string of the molecule is CC/C=C\C/C=C\C/C=C\CCCCCCCC(=O)NC(COC1OC(CO)C(OC2OC(CO)C(OC3OC(CO)C(O)C(O)C3O)C(O)C2O)C(O)C1O)C(O)/C=C/CCC. The monoisotopic (exact) mass is 905 g/mol. The molecule has 0 spiro atoms. The number of rotatable bonds is 28. The van der Waals surface area contributed by atoms with E-state index in [0.29, 0.717) is 12.8 Å². The predicted octanol–water partition coefficient (Wildman–Crippen LogP) is -0.757. The van der Waals surface area contributed by atoms with Crippen LogP contribution in [0.25, 0.3) is 0 Å². The van der Waals surface area contributed by atoms with Crippen LogP contribution in [0.15, 0.2) is 48.6 Å². The highest BCUT2D eigenvalue weighted by Crippen LogP contribution is 2.33. The van der Waals surface area contributed by atoms with E-state index in [4.69, 9.17) is 28.4 Å². The molecule has 63 heavy (non-hydrogen) atoms. The number of amides is 1. The van der Waals surface area contributed by atoms with Crippen LogP contribution in [0.4, 0.5) is 0 Å². The molecular weight excluding hydrogens is 830 g/mol. The number of hydrogen-bond donors (Lipinski definition) is 12. The molecule has 3 aliphatic rings. The van der Waals surface area contributed by atoms with Crippen molar-refractivity contribution in [2.45, 2.75) is 195 Å². The molecule has 0 aromatic carbocycles. The van der Waals surface area contributed by atoms with Crippen LogP contribution in [0.3, 0.4) is 0 Å². The number of unbranched alkanes of at least 4 members (excludes halogenated alkanes) is 6. The second kappa shape index (κ2) is 30.1. The van der Waals surface area contributed by atoms with Gasteiger partial charge >= 0.3 is 0 Å². The van der Waals surface area contributed by atoms with E-state index < -0.39 is 124 Å². The number of aliphatic hydroxyl groups excluding tert-OH is 11. The van der Waals surface area contributed by atoms with Gasteiger partial charge in [0.25, 0.3) is 0 Å². The van der Waals surface area contributed by atoms with Gasteiger partial charge in [0.05, 0.1) is 38.6 Å². The summed E-state index contributed by atoms with van der Waals surface area (Å²) in [6.45, 7) is 1.29. The summed E-state index contributed by atoms with van der Waals surface area (Å²) >= 11 is 0. The molecule has 0 saturated carbocycles. The smallest absolute Gasteiger partial charge is 0.220 e. The number of carbonyl (C=O) groups is 1. The zero-order valence-corrected chi connectivity index (χ0v) is 36.5. The lowest BCUT2D eigenvalue weighted by Gasteiger charge is -2.48. The van der Waals surface area contributed by atoms with E-state index in [1.807, 2.05) is 6.92 Å². The molecule has 3 rings (SSSR count). The normalized spacial score (nSPS) is 35.3. The van der Waals surface area contributed by atoms with Gasteiger partial charge in [0.2, 0.25) is 5.91 Å². The van der Waals surface area contributed by atoms with E-state index >= 15 is 0 Å². The van der Waals surface area contributed by atoms with Gasteiger partial charge in [-0.1, -0.05) is 88.1 Å². The van der Waals surface area contributed by atoms with Gasteiger partial charge in [-0.25, -0.2) is 0 Å². The Morgan fingerprint density at radius 3 is 1.68 bits per heavy atom. The second-order valence-corrected chi connectivity index (χ2v) is 16.1. The molecule has 1 amide bonds. The maximum atomic E-state index is 13.0. The largest absolute Gasteiger partial charge is 0.394 e. The third kappa shape index (κ3) is 17.5. The third-order valence-corrected chi connectivity index (χ3v) is 11.1. The van der Waals surface area contributed by atoms with Gasteiger partial charge in [-0.05, 0) is 44.9 Å². The lowest BCUT2D eigenvalue weighted by atomic mass is 9.96. The molecule has 0 bridgehead atoms. The van der Waals surface area contributed by atoms with Gasteiger partial charge in [0, 0.05) is 6.42 Å².